The normalized spacial score (nSPS) is 13.8. The summed E-state index contributed by atoms with van der Waals surface area (Å²) in [7, 11) is 1.46. The van der Waals surface area contributed by atoms with E-state index in [9.17, 15) is 19.0 Å². The Hall–Kier alpha value is -3.07. The van der Waals surface area contributed by atoms with Gasteiger partial charge in [0.2, 0.25) is 0 Å². The number of esters is 2. The maximum Gasteiger partial charge on any atom is 0.472 e. The van der Waals surface area contributed by atoms with Crippen molar-refractivity contribution in [2.24, 2.45) is 0 Å². The molecule has 0 aliphatic rings. The molecule has 1 N–H and O–H groups in total. The Morgan fingerprint density at radius 1 is 0.390 bits per heavy atom. The van der Waals surface area contributed by atoms with E-state index in [4.69, 9.17) is 18.5 Å². The van der Waals surface area contributed by atoms with Gasteiger partial charge in [-0.3, -0.25) is 18.6 Å². The standard InChI is InChI=1S/C72H128NO8P/c1-6-8-10-12-14-16-18-20-22-24-26-28-30-32-34-35-36-37-39-40-42-44-46-48-50-52-54-56-58-60-62-64-71(74)78-68-70(69-80-82(76,77)79-67-66-73(3,4)5)81-72(75)65-63-61-59-57-55-53-51-49-47-45-43-41-38-33-31-29-27-25-23-21-19-17-15-13-11-9-7-2/h9,11,15,17,21,23-24,26-27,29,33,38,43,45,49,51,70H,6-8,10,12-14,16,18-20,22,25,28,30-32,34-37,39-42,44,46-48,50,52-69H2,1-5H3/p+1/b11-9-,17-15-,23-21-,26-24-,29-27-,38-33-,45-43-,51-49-. The number of likely N-dealkylation sites (N-methyl/N-ethyl adjacent to an activating group) is 1. The van der Waals surface area contributed by atoms with Gasteiger partial charge in [-0.2, -0.15) is 0 Å². The third kappa shape index (κ3) is 66.1. The topological polar surface area (TPSA) is 108 Å². The van der Waals surface area contributed by atoms with Crippen LogP contribution < -0.4 is 0 Å². The molecule has 0 amide bonds. The van der Waals surface area contributed by atoms with Crippen molar-refractivity contribution in [2.45, 2.75) is 302 Å². The smallest absolute Gasteiger partial charge is 0.462 e. The van der Waals surface area contributed by atoms with E-state index < -0.39 is 26.5 Å². The van der Waals surface area contributed by atoms with Crippen LogP contribution in [-0.2, 0) is 32.7 Å². The van der Waals surface area contributed by atoms with Gasteiger partial charge in [0.1, 0.15) is 19.8 Å². The monoisotopic (exact) mass is 1170 g/mol. The molecule has 9 nitrogen and oxygen atoms in total. The summed E-state index contributed by atoms with van der Waals surface area (Å²) in [4.78, 5) is 35.8. The first-order valence-electron chi connectivity index (χ1n) is 34.0. The lowest BCUT2D eigenvalue weighted by atomic mass is 10.0. The second-order valence-electron chi connectivity index (χ2n) is 23.8. The van der Waals surface area contributed by atoms with Gasteiger partial charge >= 0.3 is 19.8 Å². The molecule has 474 valence electrons. The first-order chi connectivity index (χ1) is 40.0. The van der Waals surface area contributed by atoms with Gasteiger partial charge in [-0.1, -0.05) is 284 Å². The number of quaternary nitrogens is 1. The number of carbonyl (C=O) groups is 2. The summed E-state index contributed by atoms with van der Waals surface area (Å²) >= 11 is 0. The number of ether oxygens (including phenoxy) is 2. The molecule has 10 heteroatoms. The van der Waals surface area contributed by atoms with Crippen molar-refractivity contribution in [2.75, 3.05) is 47.5 Å². The van der Waals surface area contributed by atoms with Crippen molar-refractivity contribution in [3.8, 4) is 0 Å². The summed E-state index contributed by atoms with van der Waals surface area (Å²) in [6.45, 7) is 4.32. The number of phosphoric ester groups is 1. The van der Waals surface area contributed by atoms with Crippen LogP contribution in [0, 0.1) is 0 Å². The third-order valence-corrected chi connectivity index (χ3v) is 15.6. The zero-order valence-electron chi connectivity index (χ0n) is 54.0. The number of carbonyl (C=O) groups excluding carboxylic acids is 2. The summed E-state index contributed by atoms with van der Waals surface area (Å²) in [6.07, 6.45) is 86.5. The zero-order chi connectivity index (χ0) is 59.8. The van der Waals surface area contributed by atoms with E-state index in [0.717, 1.165) is 96.3 Å². The Morgan fingerprint density at radius 2 is 0.695 bits per heavy atom. The fraction of sp³-hybridized carbons (Fsp3) is 0.750. The van der Waals surface area contributed by atoms with E-state index in [2.05, 4.69) is 111 Å². The lowest BCUT2D eigenvalue weighted by molar-refractivity contribution is -0.870. The number of hydrogen-bond donors (Lipinski definition) is 1. The van der Waals surface area contributed by atoms with Crippen LogP contribution >= 0.6 is 7.82 Å². The molecule has 0 aromatic carbocycles. The van der Waals surface area contributed by atoms with E-state index in [1.54, 1.807) is 0 Å². The number of allylic oxidation sites excluding steroid dienone is 16. The molecule has 2 unspecified atom stereocenters. The van der Waals surface area contributed by atoms with Gasteiger partial charge in [-0.25, -0.2) is 4.57 Å². The quantitative estimate of drug-likeness (QED) is 0.0211. The maximum atomic E-state index is 12.9. The van der Waals surface area contributed by atoms with Crippen molar-refractivity contribution < 1.29 is 42.1 Å². The fourth-order valence-electron chi connectivity index (χ4n) is 9.40. The molecule has 0 saturated carbocycles. The van der Waals surface area contributed by atoms with E-state index in [-0.39, 0.29) is 32.0 Å². The van der Waals surface area contributed by atoms with Crippen LogP contribution in [0.1, 0.15) is 296 Å². The Labute approximate surface area is 506 Å². The molecule has 0 aliphatic carbocycles. The van der Waals surface area contributed by atoms with Crippen LogP contribution in [-0.4, -0.2) is 74.9 Å². The molecular formula is C72H129NO8P+. The zero-order valence-corrected chi connectivity index (χ0v) is 54.8. The molecular weight excluding hydrogens is 1040 g/mol. The van der Waals surface area contributed by atoms with Crippen LogP contribution in [0.5, 0.6) is 0 Å². The van der Waals surface area contributed by atoms with Gasteiger partial charge in [-0.15, -0.1) is 0 Å². The Bertz CT molecular complexity index is 1710. The highest BCUT2D eigenvalue weighted by molar-refractivity contribution is 7.47. The van der Waals surface area contributed by atoms with Crippen molar-refractivity contribution >= 4 is 19.8 Å². The largest absolute Gasteiger partial charge is 0.472 e. The number of phosphoric acid groups is 1. The van der Waals surface area contributed by atoms with Crippen molar-refractivity contribution in [1.29, 1.82) is 0 Å². The highest BCUT2D eigenvalue weighted by Crippen LogP contribution is 2.43. The molecule has 0 spiro atoms. The SMILES string of the molecule is CC/C=C\C/C=C\C/C=C\C/C=C\C/C=C\C/C=C\C/C=C\CCCCCCCC(=O)OC(COC(=O)CCCCCCCCCCCCCCCCCCCCC/C=C\CCCCCCCCCC)COP(=O)(O)OCC[N+](C)(C)C. The Kier molecular flexibility index (Phi) is 60.1. The van der Waals surface area contributed by atoms with E-state index in [1.807, 2.05) is 21.1 Å². The first-order valence-corrected chi connectivity index (χ1v) is 35.5. The molecule has 0 fully saturated rings. The average Bonchev–Trinajstić information content (AvgIpc) is 3.46. The second-order valence-corrected chi connectivity index (χ2v) is 25.3. The minimum atomic E-state index is -4.40. The minimum absolute atomic E-state index is 0.0238. The van der Waals surface area contributed by atoms with Crippen molar-refractivity contribution in [1.82, 2.24) is 0 Å². The number of hydrogen-bond acceptors (Lipinski definition) is 7. The summed E-state index contributed by atoms with van der Waals surface area (Å²) in [5.74, 6) is -0.815. The molecule has 0 bridgehead atoms. The van der Waals surface area contributed by atoms with Gasteiger partial charge in [-0.05, 0) is 96.3 Å². The Balaban J connectivity index is 4.10. The van der Waals surface area contributed by atoms with Gasteiger partial charge < -0.3 is 18.9 Å². The van der Waals surface area contributed by atoms with Gasteiger partial charge in [0, 0.05) is 12.8 Å². The molecule has 0 heterocycles. The summed E-state index contributed by atoms with van der Waals surface area (Å²) in [5.41, 5.74) is 0. The fourth-order valence-corrected chi connectivity index (χ4v) is 10.1. The molecule has 2 atom stereocenters. The number of unbranched alkanes of at least 4 members (excludes halogenated alkanes) is 32. The van der Waals surface area contributed by atoms with Gasteiger partial charge in [0.15, 0.2) is 6.10 Å². The Morgan fingerprint density at radius 3 is 1.05 bits per heavy atom. The number of rotatable bonds is 62. The van der Waals surface area contributed by atoms with E-state index in [1.165, 1.54) is 167 Å². The van der Waals surface area contributed by atoms with Crippen molar-refractivity contribution in [3.05, 3.63) is 97.2 Å². The van der Waals surface area contributed by atoms with Crippen LogP contribution in [0.3, 0.4) is 0 Å². The molecule has 0 aliphatic heterocycles. The highest BCUT2D eigenvalue weighted by Gasteiger charge is 2.27. The third-order valence-electron chi connectivity index (χ3n) is 14.6. The van der Waals surface area contributed by atoms with Crippen LogP contribution in [0.15, 0.2) is 97.2 Å². The van der Waals surface area contributed by atoms with Crippen LogP contribution in [0.4, 0.5) is 0 Å². The van der Waals surface area contributed by atoms with E-state index >= 15 is 0 Å². The van der Waals surface area contributed by atoms with Crippen molar-refractivity contribution in [3.63, 3.8) is 0 Å². The predicted octanol–water partition coefficient (Wildman–Crippen LogP) is 21.9. The maximum absolute atomic E-state index is 12.9. The molecule has 0 radical (unpaired) electrons. The molecule has 0 rings (SSSR count). The lowest BCUT2D eigenvalue weighted by Gasteiger charge is -2.24. The summed E-state index contributed by atoms with van der Waals surface area (Å²) in [5, 5.41) is 0. The van der Waals surface area contributed by atoms with E-state index in [0.29, 0.717) is 17.4 Å². The van der Waals surface area contributed by atoms with Crippen LogP contribution in [0.2, 0.25) is 0 Å². The first kappa shape index (κ1) is 78.9. The second kappa shape index (κ2) is 62.5. The average molecular weight is 1170 g/mol. The lowest BCUT2D eigenvalue weighted by Crippen LogP contribution is -2.37. The molecule has 0 aromatic rings. The van der Waals surface area contributed by atoms with Gasteiger partial charge in [0.25, 0.3) is 0 Å². The summed E-state index contributed by atoms with van der Waals surface area (Å²) < 4.78 is 34.7. The van der Waals surface area contributed by atoms with Crippen LogP contribution in [0.25, 0.3) is 0 Å². The number of nitrogens with zero attached hydrogens (tertiary/aromatic N) is 1. The predicted molar refractivity (Wildman–Crippen MR) is 353 cm³/mol. The molecule has 0 saturated heterocycles. The molecule has 0 aromatic heterocycles. The van der Waals surface area contributed by atoms with Gasteiger partial charge in [0.05, 0.1) is 27.7 Å². The minimum Gasteiger partial charge on any atom is -0.462 e. The summed E-state index contributed by atoms with van der Waals surface area (Å²) in [6, 6.07) is 0. The highest BCUT2D eigenvalue weighted by atomic mass is 31.2. The molecule has 82 heavy (non-hydrogen) atoms.